The van der Waals surface area contributed by atoms with E-state index in [-0.39, 0.29) is 25.2 Å². The summed E-state index contributed by atoms with van der Waals surface area (Å²) in [7, 11) is 0. The van der Waals surface area contributed by atoms with Crippen LogP contribution in [0.2, 0.25) is 0 Å². The number of hydrogen-bond acceptors (Lipinski definition) is 5. The van der Waals surface area contributed by atoms with Gasteiger partial charge in [0.2, 0.25) is 0 Å². The van der Waals surface area contributed by atoms with E-state index in [4.69, 9.17) is 9.47 Å². The Kier molecular flexibility index (Phi) is 58.7. The Bertz CT molecular complexity index is 994. The molecule has 0 aromatic heterocycles. The Morgan fingerprint density at radius 2 is 0.544 bits per heavy atom. The number of carbonyl (C=O) groups excluding carboxylic acids is 2. The smallest absolute Gasteiger partial charge is 0.306 e. The molecule has 0 aliphatic rings. The van der Waals surface area contributed by atoms with Gasteiger partial charge in [-0.15, -0.1) is 0 Å². The quantitative estimate of drug-likeness (QED) is 0.0374. The maximum absolute atomic E-state index is 12.3. The van der Waals surface area contributed by atoms with E-state index in [9.17, 15) is 14.7 Å². The van der Waals surface area contributed by atoms with Crippen LogP contribution in [0.15, 0.2) is 12.2 Å². The molecular formula is C63H122O5. The van der Waals surface area contributed by atoms with Gasteiger partial charge in [0.1, 0.15) is 6.61 Å². The summed E-state index contributed by atoms with van der Waals surface area (Å²) in [5.41, 5.74) is 0. The second-order valence-electron chi connectivity index (χ2n) is 21.5. The molecule has 0 saturated carbocycles. The van der Waals surface area contributed by atoms with Crippen molar-refractivity contribution in [1.29, 1.82) is 0 Å². The average molecular weight is 960 g/mol. The number of carbonyl (C=O) groups is 2. The second kappa shape index (κ2) is 59.9. The fourth-order valence-electron chi connectivity index (χ4n) is 9.85. The van der Waals surface area contributed by atoms with Crippen LogP contribution in [0.4, 0.5) is 0 Å². The first-order chi connectivity index (χ1) is 33.6. The second-order valence-corrected chi connectivity index (χ2v) is 21.5. The van der Waals surface area contributed by atoms with Crippen molar-refractivity contribution in [2.24, 2.45) is 0 Å². The number of ether oxygens (including phenoxy) is 2. The Balaban J connectivity index is 3.34. The van der Waals surface area contributed by atoms with Crippen molar-refractivity contribution in [3.05, 3.63) is 12.2 Å². The molecule has 1 unspecified atom stereocenters. The van der Waals surface area contributed by atoms with Gasteiger partial charge in [-0.25, -0.2) is 0 Å². The fourth-order valence-corrected chi connectivity index (χ4v) is 9.85. The van der Waals surface area contributed by atoms with Gasteiger partial charge < -0.3 is 14.6 Å². The molecular weight excluding hydrogens is 837 g/mol. The summed E-state index contributed by atoms with van der Waals surface area (Å²) in [5, 5.41) is 9.65. The molecule has 404 valence electrons. The first-order valence-corrected chi connectivity index (χ1v) is 31.2. The highest BCUT2D eigenvalue weighted by atomic mass is 16.6. The van der Waals surface area contributed by atoms with Gasteiger partial charge in [-0.2, -0.15) is 0 Å². The zero-order valence-corrected chi connectivity index (χ0v) is 46.4. The van der Waals surface area contributed by atoms with Crippen LogP contribution in [0.3, 0.4) is 0 Å². The van der Waals surface area contributed by atoms with Crippen LogP contribution in [0, 0.1) is 0 Å². The SMILES string of the molecule is CCCCCCCC/C=C\CCCCCCCCCC(=O)OC(CO)COC(=O)CCCCCCCCCCCCCCCCCCCCCCCCCCCCCCCCCCCCCCC. The van der Waals surface area contributed by atoms with Crippen molar-refractivity contribution in [2.45, 2.75) is 367 Å². The Morgan fingerprint density at radius 1 is 0.324 bits per heavy atom. The number of hydrogen-bond donors (Lipinski definition) is 1. The van der Waals surface area contributed by atoms with Gasteiger partial charge in [0.15, 0.2) is 6.10 Å². The van der Waals surface area contributed by atoms with Crippen LogP contribution in [-0.4, -0.2) is 36.4 Å². The van der Waals surface area contributed by atoms with Crippen LogP contribution in [0.25, 0.3) is 0 Å². The molecule has 0 amide bonds. The lowest BCUT2D eigenvalue weighted by Gasteiger charge is -2.15. The fraction of sp³-hybridized carbons (Fsp3) is 0.937. The van der Waals surface area contributed by atoms with Gasteiger partial charge in [-0.05, 0) is 38.5 Å². The van der Waals surface area contributed by atoms with Crippen LogP contribution < -0.4 is 0 Å². The van der Waals surface area contributed by atoms with E-state index in [1.54, 1.807) is 0 Å². The number of aliphatic hydroxyl groups is 1. The highest BCUT2D eigenvalue weighted by molar-refractivity contribution is 5.70. The number of allylic oxidation sites excluding steroid dienone is 2. The minimum absolute atomic E-state index is 0.0605. The van der Waals surface area contributed by atoms with Gasteiger partial charge in [0.05, 0.1) is 6.61 Å². The van der Waals surface area contributed by atoms with E-state index in [1.807, 2.05) is 0 Å². The molecule has 0 spiro atoms. The van der Waals surface area contributed by atoms with Gasteiger partial charge in [-0.1, -0.05) is 321 Å². The van der Waals surface area contributed by atoms with E-state index in [1.165, 1.54) is 302 Å². The zero-order valence-electron chi connectivity index (χ0n) is 46.4. The summed E-state index contributed by atoms with van der Waals surface area (Å²) < 4.78 is 10.7. The molecule has 0 radical (unpaired) electrons. The minimum Gasteiger partial charge on any atom is -0.462 e. The molecule has 0 bridgehead atoms. The third kappa shape index (κ3) is 57.2. The van der Waals surface area contributed by atoms with Crippen molar-refractivity contribution in [3.8, 4) is 0 Å². The predicted molar refractivity (Wildman–Crippen MR) is 298 cm³/mol. The van der Waals surface area contributed by atoms with E-state index in [0.717, 1.165) is 32.1 Å². The van der Waals surface area contributed by atoms with E-state index in [2.05, 4.69) is 26.0 Å². The molecule has 5 nitrogen and oxygen atoms in total. The first kappa shape index (κ1) is 66.6. The van der Waals surface area contributed by atoms with E-state index >= 15 is 0 Å². The largest absolute Gasteiger partial charge is 0.462 e. The number of esters is 2. The lowest BCUT2D eigenvalue weighted by Crippen LogP contribution is -2.28. The van der Waals surface area contributed by atoms with Crippen LogP contribution in [-0.2, 0) is 19.1 Å². The third-order valence-corrected chi connectivity index (χ3v) is 14.6. The zero-order chi connectivity index (χ0) is 49.2. The lowest BCUT2D eigenvalue weighted by molar-refractivity contribution is -0.161. The average Bonchev–Trinajstić information content (AvgIpc) is 3.34. The van der Waals surface area contributed by atoms with Crippen molar-refractivity contribution in [3.63, 3.8) is 0 Å². The Morgan fingerprint density at radius 3 is 0.794 bits per heavy atom. The van der Waals surface area contributed by atoms with Gasteiger partial charge in [-0.3, -0.25) is 9.59 Å². The molecule has 1 atom stereocenters. The summed E-state index contributed by atoms with van der Waals surface area (Å²) in [5.74, 6) is -0.574. The Hall–Kier alpha value is -1.36. The molecule has 0 fully saturated rings. The normalized spacial score (nSPS) is 12.1. The molecule has 0 aliphatic carbocycles. The molecule has 0 aromatic carbocycles. The van der Waals surface area contributed by atoms with Crippen molar-refractivity contribution < 1.29 is 24.2 Å². The highest BCUT2D eigenvalue weighted by Crippen LogP contribution is 2.19. The summed E-state index contributed by atoms with van der Waals surface area (Å²) in [4.78, 5) is 24.5. The number of unbranched alkanes of at least 4 members (excludes halogenated alkanes) is 49. The summed E-state index contributed by atoms with van der Waals surface area (Å²) in [6, 6.07) is 0. The molecule has 1 N–H and O–H groups in total. The van der Waals surface area contributed by atoms with Crippen LogP contribution in [0.5, 0.6) is 0 Å². The molecule has 0 aromatic rings. The summed E-state index contributed by atoms with van der Waals surface area (Å²) in [6.07, 6.45) is 75.2. The minimum atomic E-state index is -0.769. The van der Waals surface area contributed by atoms with E-state index < -0.39 is 6.10 Å². The summed E-state index contributed by atoms with van der Waals surface area (Å²) in [6.45, 7) is 4.19. The van der Waals surface area contributed by atoms with Crippen molar-refractivity contribution in [1.82, 2.24) is 0 Å². The molecule has 0 rings (SSSR count). The van der Waals surface area contributed by atoms with Crippen molar-refractivity contribution >= 4 is 11.9 Å². The topological polar surface area (TPSA) is 72.8 Å². The first-order valence-electron chi connectivity index (χ1n) is 31.2. The third-order valence-electron chi connectivity index (χ3n) is 14.6. The standard InChI is InChI=1S/C63H122O5/c1-3-5-7-9-11-13-15-17-19-21-22-23-24-25-26-27-28-29-30-31-32-33-34-35-36-37-38-39-40-42-43-45-47-49-51-53-55-57-62(65)67-60-61(59-64)68-63(66)58-56-54-52-50-48-46-44-41-20-18-16-14-12-10-8-6-4-2/h18,20,61,64H,3-17,19,21-60H2,1-2H3/b20-18-. The predicted octanol–water partition coefficient (Wildman–Crippen LogP) is 21.1. The maximum Gasteiger partial charge on any atom is 0.306 e. The van der Waals surface area contributed by atoms with Crippen molar-refractivity contribution in [2.75, 3.05) is 13.2 Å². The van der Waals surface area contributed by atoms with Gasteiger partial charge >= 0.3 is 11.9 Å². The molecule has 5 heteroatoms. The Labute approximate surface area is 426 Å². The highest BCUT2D eigenvalue weighted by Gasteiger charge is 2.16. The van der Waals surface area contributed by atoms with Gasteiger partial charge in [0, 0.05) is 12.8 Å². The molecule has 0 aliphatic heterocycles. The van der Waals surface area contributed by atoms with Crippen LogP contribution in [0.1, 0.15) is 361 Å². The number of aliphatic hydroxyl groups excluding tert-OH is 1. The summed E-state index contributed by atoms with van der Waals surface area (Å²) >= 11 is 0. The maximum atomic E-state index is 12.3. The monoisotopic (exact) mass is 959 g/mol. The van der Waals surface area contributed by atoms with Gasteiger partial charge in [0.25, 0.3) is 0 Å². The lowest BCUT2D eigenvalue weighted by atomic mass is 10.0. The number of rotatable bonds is 59. The van der Waals surface area contributed by atoms with Crippen LogP contribution >= 0.6 is 0 Å². The molecule has 0 saturated heterocycles. The molecule has 0 heterocycles. The molecule has 68 heavy (non-hydrogen) atoms. The van der Waals surface area contributed by atoms with E-state index in [0.29, 0.717) is 12.8 Å².